The Balaban J connectivity index is 1.80. The molecule has 0 aliphatic rings. The number of rotatable bonds is 8. The normalized spacial score (nSPS) is 10.6. The maximum Gasteiger partial charge on any atom is 0.345 e. The minimum Gasteiger partial charge on any atom is -0.497 e. The van der Waals surface area contributed by atoms with E-state index >= 15 is 0 Å². The van der Waals surface area contributed by atoms with Crippen LogP contribution in [0.1, 0.15) is 26.3 Å². The Labute approximate surface area is 190 Å². The summed E-state index contributed by atoms with van der Waals surface area (Å²) in [5, 5.41) is 0.294. The van der Waals surface area contributed by atoms with Crippen molar-refractivity contribution >= 4 is 29.4 Å². The van der Waals surface area contributed by atoms with E-state index in [2.05, 4.69) is 0 Å². The van der Waals surface area contributed by atoms with Crippen LogP contribution < -0.4 is 18.9 Å². The van der Waals surface area contributed by atoms with E-state index in [1.54, 1.807) is 66.7 Å². The Hall–Kier alpha value is -3.77. The second-order valence-corrected chi connectivity index (χ2v) is 6.95. The first kappa shape index (κ1) is 22.9. The molecular weight excluding hydrogens is 432 g/mol. The molecule has 0 spiro atoms. The van der Waals surface area contributed by atoms with Crippen LogP contribution in [0.5, 0.6) is 23.0 Å². The van der Waals surface area contributed by atoms with Gasteiger partial charge in [0.1, 0.15) is 11.5 Å². The van der Waals surface area contributed by atoms with Crippen LogP contribution in [-0.4, -0.2) is 33.1 Å². The molecule has 0 aliphatic carbocycles. The summed E-state index contributed by atoms with van der Waals surface area (Å²) >= 11 is 6.06. The Bertz CT molecular complexity index is 1170. The lowest BCUT2D eigenvalue weighted by atomic mass is 10.1. The van der Waals surface area contributed by atoms with Crippen molar-refractivity contribution in [1.82, 2.24) is 0 Å². The summed E-state index contributed by atoms with van der Waals surface area (Å²) in [6.45, 7) is 0. The highest BCUT2D eigenvalue weighted by molar-refractivity contribution is 6.33. The van der Waals surface area contributed by atoms with Crippen LogP contribution in [0.3, 0.4) is 0 Å². The second kappa shape index (κ2) is 10.5. The third-order valence-corrected chi connectivity index (χ3v) is 4.91. The van der Waals surface area contributed by atoms with Gasteiger partial charge in [0.05, 0.1) is 37.5 Å². The van der Waals surface area contributed by atoms with Crippen LogP contribution in [0.4, 0.5) is 0 Å². The maximum absolute atomic E-state index is 12.7. The summed E-state index contributed by atoms with van der Waals surface area (Å²) in [6, 6.07) is 16.5. The monoisotopic (exact) mass is 452 g/mol. The lowest BCUT2D eigenvalue weighted by Gasteiger charge is -2.11. The molecular formula is C25H21ClO6. The van der Waals surface area contributed by atoms with Gasteiger partial charge in [0.2, 0.25) is 0 Å². The average molecular weight is 453 g/mol. The number of hydrogen-bond acceptors (Lipinski definition) is 6. The molecule has 0 aliphatic heterocycles. The molecule has 0 saturated carbocycles. The fourth-order valence-electron chi connectivity index (χ4n) is 2.92. The number of carbonyl (C=O) groups excluding carboxylic acids is 2. The molecule has 6 nitrogen and oxygen atoms in total. The molecule has 0 heterocycles. The van der Waals surface area contributed by atoms with Crippen LogP contribution in [-0.2, 0) is 0 Å². The first-order chi connectivity index (χ1) is 15.5. The van der Waals surface area contributed by atoms with E-state index in [-0.39, 0.29) is 17.1 Å². The highest BCUT2D eigenvalue weighted by atomic mass is 35.5. The lowest BCUT2D eigenvalue weighted by molar-refractivity contribution is 0.0729. The maximum atomic E-state index is 12.7. The summed E-state index contributed by atoms with van der Waals surface area (Å²) in [5.74, 6) is 0.703. The highest BCUT2D eigenvalue weighted by Gasteiger charge is 2.16. The minimum atomic E-state index is -0.600. The lowest BCUT2D eigenvalue weighted by Crippen LogP contribution is -2.09. The van der Waals surface area contributed by atoms with Gasteiger partial charge in [0.15, 0.2) is 17.3 Å². The Morgan fingerprint density at radius 3 is 2.19 bits per heavy atom. The van der Waals surface area contributed by atoms with Gasteiger partial charge in [-0.2, -0.15) is 0 Å². The molecule has 3 aromatic rings. The van der Waals surface area contributed by atoms with E-state index in [4.69, 9.17) is 30.5 Å². The number of hydrogen-bond donors (Lipinski definition) is 0. The Morgan fingerprint density at radius 2 is 1.50 bits per heavy atom. The smallest absolute Gasteiger partial charge is 0.345 e. The van der Waals surface area contributed by atoms with Crippen molar-refractivity contribution < 1.29 is 28.5 Å². The standard InChI is InChI=1S/C25H21ClO6/c1-29-17-10-13-22(30-2)19(15-17)21(27)11-8-16-9-12-23(24(14-16)31-3)32-25(28)18-6-4-5-7-20(18)26/h4-15H,1-3H3/b11-8+. The van der Waals surface area contributed by atoms with Gasteiger partial charge in [0, 0.05) is 0 Å². The summed E-state index contributed by atoms with van der Waals surface area (Å²) in [4.78, 5) is 25.1. The molecule has 0 amide bonds. The number of ketones is 1. The van der Waals surface area contributed by atoms with Crippen molar-refractivity contribution in [2.75, 3.05) is 21.3 Å². The molecule has 0 radical (unpaired) electrons. The Kier molecular flexibility index (Phi) is 7.52. The van der Waals surface area contributed by atoms with Crippen molar-refractivity contribution in [3.8, 4) is 23.0 Å². The molecule has 3 aromatic carbocycles. The molecule has 0 N–H and O–H groups in total. The predicted molar refractivity (Wildman–Crippen MR) is 122 cm³/mol. The minimum absolute atomic E-state index is 0.232. The number of esters is 1. The highest BCUT2D eigenvalue weighted by Crippen LogP contribution is 2.30. The third-order valence-electron chi connectivity index (χ3n) is 4.58. The van der Waals surface area contributed by atoms with E-state index in [0.29, 0.717) is 33.4 Å². The first-order valence-corrected chi connectivity index (χ1v) is 9.93. The molecule has 0 aromatic heterocycles. The van der Waals surface area contributed by atoms with Crippen LogP contribution in [0, 0.1) is 0 Å². The van der Waals surface area contributed by atoms with Crippen molar-refractivity contribution in [2.45, 2.75) is 0 Å². The fourth-order valence-corrected chi connectivity index (χ4v) is 3.13. The second-order valence-electron chi connectivity index (χ2n) is 6.54. The van der Waals surface area contributed by atoms with Gasteiger partial charge >= 0.3 is 5.97 Å². The molecule has 0 fully saturated rings. The number of allylic oxidation sites excluding steroid dienone is 1. The molecule has 164 valence electrons. The zero-order valence-corrected chi connectivity index (χ0v) is 18.5. The van der Waals surface area contributed by atoms with E-state index < -0.39 is 5.97 Å². The SMILES string of the molecule is COc1ccc(OC)c(C(=O)/C=C/c2ccc(OC(=O)c3ccccc3Cl)c(OC)c2)c1. The predicted octanol–water partition coefficient (Wildman–Crippen LogP) is 5.48. The van der Waals surface area contributed by atoms with Crippen molar-refractivity contribution in [1.29, 1.82) is 0 Å². The van der Waals surface area contributed by atoms with E-state index in [1.165, 1.54) is 27.4 Å². The summed E-state index contributed by atoms with van der Waals surface area (Å²) in [7, 11) is 4.48. The summed E-state index contributed by atoms with van der Waals surface area (Å²) < 4.78 is 21.2. The number of carbonyl (C=O) groups is 2. The van der Waals surface area contributed by atoms with E-state index in [0.717, 1.165) is 0 Å². The van der Waals surface area contributed by atoms with Crippen LogP contribution >= 0.6 is 11.6 Å². The molecule has 3 rings (SSSR count). The van der Waals surface area contributed by atoms with Gasteiger partial charge in [-0.25, -0.2) is 4.79 Å². The molecule has 32 heavy (non-hydrogen) atoms. The van der Waals surface area contributed by atoms with Crippen molar-refractivity contribution in [3.63, 3.8) is 0 Å². The quantitative estimate of drug-likeness (QED) is 0.195. The molecule has 0 atom stereocenters. The van der Waals surface area contributed by atoms with Gasteiger partial charge in [-0.1, -0.05) is 35.9 Å². The van der Waals surface area contributed by atoms with E-state index in [1.807, 2.05) is 0 Å². The van der Waals surface area contributed by atoms with Gasteiger partial charge in [-0.05, 0) is 54.1 Å². The van der Waals surface area contributed by atoms with Crippen molar-refractivity contribution in [2.24, 2.45) is 0 Å². The fraction of sp³-hybridized carbons (Fsp3) is 0.120. The van der Waals surface area contributed by atoms with Gasteiger partial charge in [-0.3, -0.25) is 4.79 Å². The molecule has 0 saturated heterocycles. The third kappa shape index (κ3) is 5.28. The van der Waals surface area contributed by atoms with Gasteiger partial charge in [-0.15, -0.1) is 0 Å². The van der Waals surface area contributed by atoms with E-state index in [9.17, 15) is 9.59 Å². The van der Waals surface area contributed by atoms with Crippen LogP contribution in [0.25, 0.3) is 6.08 Å². The zero-order chi connectivity index (χ0) is 23.1. The molecule has 0 unspecified atom stereocenters. The van der Waals surface area contributed by atoms with Crippen LogP contribution in [0.15, 0.2) is 66.7 Å². The molecule has 0 bridgehead atoms. The number of methoxy groups -OCH3 is 3. The number of halogens is 1. The zero-order valence-electron chi connectivity index (χ0n) is 17.8. The van der Waals surface area contributed by atoms with Gasteiger partial charge in [0.25, 0.3) is 0 Å². The first-order valence-electron chi connectivity index (χ1n) is 9.56. The van der Waals surface area contributed by atoms with Gasteiger partial charge < -0.3 is 18.9 Å². The number of benzene rings is 3. The summed E-state index contributed by atoms with van der Waals surface area (Å²) in [6.07, 6.45) is 3.05. The Morgan fingerprint density at radius 1 is 0.781 bits per heavy atom. The van der Waals surface area contributed by atoms with Crippen LogP contribution in [0.2, 0.25) is 5.02 Å². The number of ether oxygens (including phenoxy) is 4. The largest absolute Gasteiger partial charge is 0.497 e. The van der Waals surface area contributed by atoms with Crippen molar-refractivity contribution in [3.05, 3.63) is 88.5 Å². The molecule has 7 heteroatoms. The topological polar surface area (TPSA) is 71.1 Å². The average Bonchev–Trinajstić information content (AvgIpc) is 2.82. The summed E-state index contributed by atoms with van der Waals surface area (Å²) in [5.41, 5.74) is 1.30.